The molecule has 1 atom stereocenters. The van der Waals surface area contributed by atoms with Crippen LogP contribution in [0.25, 0.3) is 0 Å². The van der Waals surface area contributed by atoms with Crippen LogP contribution in [-0.4, -0.2) is 84.3 Å². The molecule has 3 aromatic heterocycles. The summed E-state index contributed by atoms with van der Waals surface area (Å²) in [6, 6.07) is -0.0127. The molecule has 3 aromatic rings. The minimum absolute atomic E-state index is 0.0127. The van der Waals surface area contributed by atoms with Crippen molar-refractivity contribution in [3.8, 4) is 0 Å². The molecule has 1 unspecified atom stereocenters. The van der Waals surface area contributed by atoms with Gasteiger partial charge in [0.05, 0.1) is 26.6 Å². The van der Waals surface area contributed by atoms with Crippen LogP contribution in [0.4, 0.5) is 0 Å². The second-order valence-electron chi connectivity index (χ2n) is 6.07. The first-order chi connectivity index (χ1) is 13.1. The highest BCUT2D eigenvalue weighted by atomic mass is 16.4. The zero-order valence-corrected chi connectivity index (χ0v) is 14.9. The molecular weight excluding hydrogens is 354 g/mol. The van der Waals surface area contributed by atoms with Gasteiger partial charge >= 0.3 is 5.97 Å². The molecular formula is C14H21N11O2. The molecule has 13 nitrogen and oxygen atoms in total. The van der Waals surface area contributed by atoms with Gasteiger partial charge in [-0.3, -0.25) is 14.6 Å². The third kappa shape index (κ3) is 5.65. The van der Waals surface area contributed by atoms with Gasteiger partial charge in [-0.25, -0.2) is 29.0 Å². The average Bonchev–Trinajstić information content (AvgIpc) is 3.37. The van der Waals surface area contributed by atoms with Crippen LogP contribution >= 0.6 is 0 Å². The number of hydrogen-bond donors (Lipinski definition) is 1. The van der Waals surface area contributed by atoms with Gasteiger partial charge < -0.3 is 5.11 Å². The fourth-order valence-electron chi connectivity index (χ4n) is 2.67. The molecule has 3 rings (SSSR count). The van der Waals surface area contributed by atoms with E-state index in [9.17, 15) is 9.90 Å². The summed E-state index contributed by atoms with van der Waals surface area (Å²) in [5.41, 5.74) is 0. The number of nitrogens with zero attached hydrogens (tertiary/aromatic N) is 11. The van der Waals surface area contributed by atoms with E-state index < -0.39 is 5.97 Å². The highest BCUT2D eigenvalue weighted by Crippen LogP contribution is 2.07. The molecule has 0 fully saturated rings. The average molecular weight is 375 g/mol. The van der Waals surface area contributed by atoms with Crippen LogP contribution in [0.1, 0.15) is 6.92 Å². The lowest BCUT2D eigenvalue weighted by Crippen LogP contribution is -2.45. The molecule has 0 aliphatic rings. The van der Waals surface area contributed by atoms with Crippen molar-refractivity contribution in [3.05, 3.63) is 38.0 Å². The van der Waals surface area contributed by atoms with Crippen LogP contribution in [0.3, 0.4) is 0 Å². The Morgan fingerprint density at radius 3 is 1.81 bits per heavy atom. The van der Waals surface area contributed by atoms with Gasteiger partial charge in [-0.2, -0.15) is 15.3 Å². The van der Waals surface area contributed by atoms with Crippen molar-refractivity contribution in [1.29, 1.82) is 0 Å². The van der Waals surface area contributed by atoms with Gasteiger partial charge in [0.2, 0.25) is 0 Å². The Balaban J connectivity index is 1.69. The Hall–Kier alpha value is -3.19. The summed E-state index contributed by atoms with van der Waals surface area (Å²) in [4.78, 5) is 27.0. The Morgan fingerprint density at radius 2 is 1.41 bits per heavy atom. The van der Waals surface area contributed by atoms with Gasteiger partial charge in [0, 0.05) is 12.6 Å². The maximum absolute atomic E-state index is 11.3. The normalized spacial score (nSPS) is 12.7. The predicted molar refractivity (Wildman–Crippen MR) is 90.6 cm³/mol. The Labute approximate surface area is 154 Å². The molecule has 0 saturated heterocycles. The van der Waals surface area contributed by atoms with Crippen molar-refractivity contribution in [2.45, 2.75) is 33.0 Å². The van der Waals surface area contributed by atoms with E-state index >= 15 is 0 Å². The van der Waals surface area contributed by atoms with E-state index in [0.29, 0.717) is 26.6 Å². The Morgan fingerprint density at radius 1 is 0.926 bits per heavy atom. The number of hydrogen-bond acceptors (Lipinski definition) is 9. The van der Waals surface area contributed by atoms with E-state index in [0.717, 1.165) is 0 Å². The third-order valence-corrected chi connectivity index (χ3v) is 3.90. The Bertz CT molecular complexity index is 751. The number of aromatic nitrogens is 9. The second-order valence-corrected chi connectivity index (χ2v) is 6.07. The first kappa shape index (κ1) is 18.6. The van der Waals surface area contributed by atoms with Crippen molar-refractivity contribution in [2.75, 3.05) is 13.1 Å². The molecule has 27 heavy (non-hydrogen) atoms. The van der Waals surface area contributed by atoms with E-state index in [1.807, 2.05) is 6.92 Å². The lowest BCUT2D eigenvalue weighted by molar-refractivity contribution is -0.139. The monoisotopic (exact) mass is 375 g/mol. The molecule has 3 heterocycles. The maximum atomic E-state index is 11.3. The molecule has 0 bridgehead atoms. The van der Waals surface area contributed by atoms with Crippen molar-refractivity contribution in [2.24, 2.45) is 0 Å². The SMILES string of the molecule is CC(CN(CC(=O)O)Cn1cncn1)N(Cn1cncn1)Cn1cncn1. The summed E-state index contributed by atoms with van der Waals surface area (Å²) in [7, 11) is 0. The molecule has 0 aliphatic heterocycles. The number of aliphatic carboxylic acids is 1. The van der Waals surface area contributed by atoms with E-state index in [-0.39, 0.29) is 12.6 Å². The fourth-order valence-corrected chi connectivity index (χ4v) is 2.67. The van der Waals surface area contributed by atoms with Crippen molar-refractivity contribution in [3.63, 3.8) is 0 Å². The van der Waals surface area contributed by atoms with Crippen LogP contribution in [0, 0.1) is 0 Å². The lowest BCUT2D eigenvalue weighted by atomic mass is 10.3. The summed E-state index contributed by atoms with van der Waals surface area (Å²) < 4.78 is 4.99. The molecule has 0 aliphatic carbocycles. The summed E-state index contributed by atoms with van der Waals surface area (Å²) in [6.45, 7) is 3.69. The topological polar surface area (TPSA) is 136 Å². The molecule has 0 amide bonds. The molecule has 13 heteroatoms. The Kier molecular flexibility index (Phi) is 6.17. The van der Waals surface area contributed by atoms with Crippen LogP contribution in [-0.2, 0) is 24.8 Å². The molecule has 0 saturated carbocycles. The molecule has 0 radical (unpaired) electrons. The third-order valence-electron chi connectivity index (χ3n) is 3.90. The highest BCUT2D eigenvalue weighted by Gasteiger charge is 2.21. The van der Waals surface area contributed by atoms with Gasteiger partial charge in [0.25, 0.3) is 0 Å². The van der Waals surface area contributed by atoms with Crippen LogP contribution in [0.2, 0.25) is 0 Å². The van der Waals surface area contributed by atoms with Gasteiger partial charge in [0.15, 0.2) is 0 Å². The quantitative estimate of drug-likeness (QED) is 0.436. The summed E-state index contributed by atoms with van der Waals surface area (Å²) in [5, 5.41) is 21.6. The fraction of sp³-hybridized carbons (Fsp3) is 0.500. The molecule has 0 aromatic carbocycles. The summed E-state index contributed by atoms with van der Waals surface area (Å²) in [6.07, 6.45) is 9.18. The van der Waals surface area contributed by atoms with E-state index in [1.165, 1.54) is 19.0 Å². The smallest absolute Gasteiger partial charge is 0.317 e. The van der Waals surface area contributed by atoms with Gasteiger partial charge in [-0.05, 0) is 6.92 Å². The van der Waals surface area contributed by atoms with Crippen LogP contribution in [0.5, 0.6) is 0 Å². The van der Waals surface area contributed by atoms with Crippen molar-refractivity contribution < 1.29 is 9.90 Å². The first-order valence-corrected chi connectivity index (χ1v) is 8.25. The van der Waals surface area contributed by atoms with E-state index in [2.05, 4.69) is 35.1 Å². The standard InChI is InChI=1S/C14H21N11O2/c1-13(2-21(3-14(26)27)10-23-7-15-4-18-23)22(11-24-8-16-5-19-24)12-25-9-17-6-20-25/h4-9,13H,2-3,10-12H2,1H3,(H,26,27). The van der Waals surface area contributed by atoms with Crippen molar-refractivity contribution >= 4 is 5.97 Å². The zero-order chi connectivity index (χ0) is 19.1. The number of carbonyl (C=O) groups is 1. The molecule has 144 valence electrons. The lowest BCUT2D eigenvalue weighted by Gasteiger charge is -2.32. The molecule has 0 spiro atoms. The van der Waals surface area contributed by atoms with Gasteiger partial charge in [0.1, 0.15) is 38.0 Å². The van der Waals surface area contributed by atoms with E-state index in [1.54, 1.807) is 37.9 Å². The summed E-state index contributed by atoms with van der Waals surface area (Å²) in [5.74, 6) is -0.901. The number of carboxylic acids is 1. The maximum Gasteiger partial charge on any atom is 0.317 e. The zero-order valence-electron chi connectivity index (χ0n) is 14.9. The first-order valence-electron chi connectivity index (χ1n) is 8.25. The second kappa shape index (κ2) is 8.95. The van der Waals surface area contributed by atoms with Gasteiger partial charge in [-0.1, -0.05) is 0 Å². The highest BCUT2D eigenvalue weighted by molar-refractivity contribution is 5.69. The van der Waals surface area contributed by atoms with Crippen molar-refractivity contribution in [1.82, 2.24) is 54.1 Å². The minimum Gasteiger partial charge on any atom is -0.480 e. The van der Waals surface area contributed by atoms with Gasteiger partial charge in [-0.15, -0.1) is 0 Å². The van der Waals surface area contributed by atoms with E-state index in [4.69, 9.17) is 0 Å². The largest absolute Gasteiger partial charge is 0.480 e. The summed E-state index contributed by atoms with van der Waals surface area (Å²) >= 11 is 0. The number of rotatable bonds is 11. The predicted octanol–water partition coefficient (Wildman–Crippen LogP) is -1.19. The number of carboxylic acid groups (broad SMARTS) is 1. The molecule has 1 N–H and O–H groups in total. The van der Waals surface area contributed by atoms with Crippen LogP contribution < -0.4 is 0 Å². The minimum atomic E-state index is -0.901. The van der Waals surface area contributed by atoms with Crippen LogP contribution in [0.15, 0.2) is 38.0 Å².